The molecule has 0 saturated carbocycles. The van der Waals surface area contributed by atoms with Crippen LogP contribution >= 0.6 is 11.6 Å². The van der Waals surface area contributed by atoms with Crippen molar-refractivity contribution < 1.29 is 27.4 Å². The molecule has 0 fully saturated rings. The summed E-state index contributed by atoms with van der Waals surface area (Å²) in [4.78, 5) is 30.0. The van der Waals surface area contributed by atoms with E-state index in [0.29, 0.717) is 66.8 Å². The van der Waals surface area contributed by atoms with Gasteiger partial charge in [-0.05, 0) is 66.1 Å². The van der Waals surface area contributed by atoms with Crippen LogP contribution in [-0.2, 0) is 25.8 Å². The molecular formula is C40H36ClF3N6O4. The molecule has 14 heteroatoms. The molecule has 1 aliphatic rings. The summed E-state index contributed by atoms with van der Waals surface area (Å²) in [7, 11) is 3.16. The molecule has 7 rings (SSSR count). The lowest BCUT2D eigenvalue weighted by atomic mass is 9.98. The second kappa shape index (κ2) is 15.3. The van der Waals surface area contributed by atoms with Gasteiger partial charge < -0.3 is 28.6 Å². The summed E-state index contributed by atoms with van der Waals surface area (Å²) >= 11 is 7.08. The fourth-order valence-electron chi connectivity index (χ4n) is 6.64. The SMILES string of the molecule is COc1ccc(CN(Cc2ccc(OC)cc2)c2cc(C)c(C(F)(F)F)c(-c3cc4ncnc5c4c(c3Cl)OCCN5CCn3ccccc3=O)n2)cc1. The van der Waals surface area contributed by atoms with Crippen LogP contribution in [0, 0.1) is 6.92 Å². The van der Waals surface area contributed by atoms with Gasteiger partial charge in [0, 0.05) is 44.0 Å². The standard InChI is InChI=1S/C40H36ClF3N6O4/c1-25-20-32(50(22-26-7-11-28(52-2)12-8-26)23-27-9-13-29(53-3)14-10-27)47-37(35(25)40(42,43)44)30-21-31-34-38(36(30)41)54-19-18-49(39(34)46-24-45-31)17-16-48-15-5-4-6-33(48)51/h4-15,20-21,24H,16-19,22-23H2,1-3H3. The monoisotopic (exact) mass is 756 g/mol. The molecule has 3 aromatic heterocycles. The molecule has 0 saturated heterocycles. The van der Waals surface area contributed by atoms with Gasteiger partial charge in [0.05, 0.1) is 47.9 Å². The molecular weight excluding hydrogens is 721 g/mol. The van der Waals surface area contributed by atoms with Crippen LogP contribution in [-0.4, -0.2) is 53.4 Å². The molecule has 0 radical (unpaired) electrons. The topological polar surface area (TPSA) is 94.8 Å². The van der Waals surface area contributed by atoms with Gasteiger partial charge in [-0.3, -0.25) is 4.79 Å². The van der Waals surface area contributed by atoms with E-state index in [1.165, 1.54) is 31.5 Å². The minimum atomic E-state index is -4.77. The van der Waals surface area contributed by atoms with Crippen LogP contribution < -0.4 is 29.6 Å². The summed E-state index contributed by atoms with van der Waals surface area (Å²) in [6, 6.07) is 22.9. The number of hydrogen-bond donors (Lipinski definition) is 0. The first kappa shape index (κ1) is 36.5. The molecule has 10 nitrogen and oxygen atoms in total. The number of nitrogens with zero attached hydrogens (tertiary/aromatic N) is 6. The number of anilines is 2. The summed E-state index contributed by atoms with van der Waals surface area (Å²) in [6.45, 7) is 3.42. The second-order valence-electron chi connectivity index (χ2n) is 12.8. The highest BCUT2D eigenvalue weighted by Crippen LogP contribution is 2.48. The maximum Gasteiger partial charge on any atom is 0.418 e. The van der Waals surface area contributed by atoms with Crippen molar-refractivity contribution in [3.63, 3.8) is 0 Å². The average Bonchev–Trinajstić information content (AvgIpc) is 3.35. The number of rotatable bonds is 11. The number of benzene rings is 3. The van der Waals surface area contributed by atoms with Gasteiger partial charge in [0.2, 0.25) is 0 Å². The van der Waals surface area contributed by atoms with Gasteiger partial charge in [-0.25, -0.2) is 15.0 Å². The molecule has 0 unspecified atom stereocenters. The van der Waals surface area contributed by atoms with E-state index in [9.17, 15) is 4.79 Å². The van der Waals surface area contributed by atoms with Crippen molar-refractivity contribution in [3.05, 3.63) is 129 Å². The molecule has 1 aliphatic heterocycles. The normalized spacial score (nSPS) is 12.7. The number of aromatic nitrogens is 4. The number of ether oxygens (including phenoxy) is 3. The highest BCUT2D eigenvalue weighted by atomic mass is 35.5. The molecule has 0 atom stereocenters. The van der Waals surface area contributed by atoms with Gasteiger partial charge >= 0.3 is 6.18 Å². The zero-order chi connectivity index (χ0) is 38.0. The highest BCUT2D eigenvalue weighted by Gasteiger charge is 2.39. The van der Waals surface area contributed by atoms with E-state index >= 15 is 13.2 Å². The van der Waals surface area contributed by atoms with Gasteiger partial charge in [0.1, 0.15) is 36.1 Å². The van der Waals surface area contributed by atoms with Crippen LogP contribution in [0.1, 0.15) is 22.3 Å². The first-order chi connectivity index (χ1) is 26.0. The molecule has 278 valence electrons. The summed E-state index contributed by atoms with van der Waals surface area (Å²) in [6.07, 6.45) is -1.70. The van der Waals surface area contributed by atoms with Crippen molar-refractivity contribution in [1.82, 2.24) is 19.5 Å². The van der Waals surface area contributed by atoms with E-state index in [1.807, 2.05) is 58.3 Å². The summed E-state index contributed by atoms with van der Waals surface area (Å²) in [5, 5.41) is 0.428. The zero-order valence-electron chi connectivity index (χ0n) is 29.7. The van der Waals surface area contributed by atoms with Crippen LogP contribution in [0.4, 0.5) is 24.8 Å². The van der Waals surface area contributed by atoms with Crippen LogP contribution in [0.2, 0.25) is 5.02 Å². The maximum atomic E-state index is 15.0. The number of alkyl halides is 3. The molecule has 3 aromatic carbocycles. The zero-order valence-corrected chi connectivity index (χ0v) is 30.5. The lowest BCUT2D eigenvalue weighted by molar-refractivity contribution is -0.137. The Kier molecular flexibility index (Phi) is 10.3. The van der Waals surface area contributed by atoms with Crippen molar-refractivity contribution in [2.75, 3.05) is 43.7 Å². The lowest BCUT2D eigenvalue weighted by Crippen LogP contribution is -2.33. The number of hydrogen-bond acceptors (Lipinski definition) is 9. The van der Waals surface area contributed by atoms with E-state index < -0.39 is 11.7 Å². The van der Waals surface area contributed by atoms with Crippen LogP contribution in [0.25, 0.3) is 22.2 Å². The van der Waals surface area contributed by atoms with Crippen molar-refractivity contribution >= 4 is 34.1 Å². The largest absolute Gasteiger partial charge is 0.497 e. The van der Waals surface area contributed by atoms with E-state index in [1.54, 1.807) is 37.1 Å². The summed E-state index contributed by atoms with van der Waals surface area (Å²) in [5.41, 5.74) is 0.744. The van der Waals surface area contributed by atoms with Gasteiger partial charge in [-0.2, -0.15) is 13.2 Å². The number of methoxy groups -OCH3 is 2. The first-order valence-corrected chi connectivity index (χ1v) is 17.5. The van der Waals surface area contributed by atoms with Gasteiger partial charge in [0.15, 0.2) is 5.75 Å². The van der Waals surface area contributed by atoms with E-state index in [-0.39, 0.29) is 39.8 Å². The molecule has 6 aromatic rings. The molecule has 0 spiro atoms. The fourth-order valence-corrected chi connectivity index (χ4v) is 6.94. The third-order valence-electron chi connectivity index (χ3n) is 9.35. The quantitative estimate of drug-likeness (QED) is 0.131. The molecule has 0 bridgehead atoms. The Balaban J connectivity index is 1.35. The Bertz CT molecular complexity index is 2300. The van der Waals surface area contributed by atoms with Crippen LogP contribution in [0.3, 0.4) is 0 Å². The first-order valence-electron chi connectivity index (χ1n) is 17.1. The maximum absolute atomic E-state index is 15.0. The van der Waals surface area contributed by atoms with Crippen LogP contribution in [0.15, 0.2) is 96.2 Å². The molecule has 54 heavy (non-hydrogen) atoms. The molecule has 0 N–H and O–H groups in total. The Labute approximate surface area is 314 Å². The summed E-state index contributed by atoms with van der Waals surface area (Å²) < 4.78 is 63.5. The number of aryl methyl sites for hydroxylation is 1. The number of pyridine rings is 2. The Morgan fingerprint density at radius 3 is 2.19 bits per heavy atom. The van der Waals surface area contributed by atoms with E-state index in [0.717, 1.165) is 11.1 Å². The van der Waals surface area contributed by atoms with Crippen molar-refractivity contribution in [3.8, 4) is 28.5 Å². The lowest BCUT2D eigenvalue weighted by Gasteiger charge is -2.27. The number of halogens is 4. The Morgan fingerprint density at radius 2 is 1.57 bits per heavy atom. The van der Waals surface area contributed by atoms with Crippen molar-refractivity contribution in [1.29, 1.82) is 0 Å². The third-order valence-corrected chi connectivity index (χ3v) is 9.72. The van der Waals surface area contributed by atoms with Gasteiger partial charge in [-0.15, -0.1) is 0 Å². The van der Waals surface area contributed by atoms with E-state index in [2.05, 4.69) is 9.97 Å². The fraction of sp³-hybridized carbons (Fsp3) is 0.250. The van der Waals surface area contributed by atoms with Crippen molar-refractivity contribution in [2.45, 2.75) is 32.7 Å². The predicted octanol–water partition coefficient (Wildman–Crippen LogP) is 7.96. The predicted molar refractivity (Wildman–Crippen MR) is 202 cm³/mol. The summed E-state index contributed by atoms with van der Waals surface area (Å²) in [5.74, 6) is 2.35. The Morgan fingerprint density at radius 1 is 0.907 bits per heavy atom. The highest BCUT2D eigenvalue weighted by molar-refractivity contribution is 6.36. The van der Waals surface area contributed by atoms with E-state index in [4.69, 9.17) is 30.8 Å². The minimum absolute atomic E-state index is 0.0226. The Hall–Kier alpha value is -5.82. The van der Waals surface area contributed by atoms with Crippen LogP contribution in [0.5, 0.6) is 17.2 Å². The smallest absolute Gasteiger partial charge is 0.418 e. The second-order valence-corrected chi connectivity index (χ2v) is 13.2. The van der Waals surface area contributed by atoms with Crippen molar-refractivity contribution in [2.24, 2.45) is 0 Å². The van der Waals surface area contributed by atoms with Gasteiger partial charge in [0.25, 0.3) is 5.56 Å². The third kappa shape index (κ3) is 7.49. The molecule has 4 heterocycles. The molecule has 0 amide bonds. The minimum Gasteiger partial charge on any atom is -0.497 e. The van der Waals surface area contributed by atoms with Gasteiger partial charge in [-0.1, -0.05) is 41.9 Å². The molecule has 0 aliphatic carbocycles. The average molecular weight is 757 g/mol.